The molecule has 1 aliphatic heterocycles. The molecule has 2 fully saturated rings. The van der Waals surface area contributed by atoms with Gasteiger partial charge in [0.15, 0.2) is 0 Å². The average Bonchev–Trinajstić information content (AvgIpc) is 2.28. The summed E-state index contributed by atoms with van der Waals surface area (Å²) in [4.78, 5) is 0. The van der Waals surface area contributed by atoms with E-state index in [0.717, 1.165) is 18.4 Å². The quantitative estimate of drug-likeness (QED) is 0.540. The zero-order chi connectivity index (χ0) is 8.39. The fourth-order valence-corrected chi connectivity index (χ4v) is 2.71. The van der Waals surface area contributed by atoms with Crippen molar-refractivity contribution in [1.82, 2.24) is 0 Å². The summed E-state index contributed by atoms with van der Waals surface area (Å²) in [5.41, 5.74) is 0. The van der Waals surface area contributed by atoms with Crippen LogP contribution in [0.5, 0.6) is 0 Å². The van der Waals surface area contributed by atoms with Crippen LogP contribution in [0.15, 0.2) is 0 Å². The third-order valence-corrected chi connectivity index (χ3v) is 3.39. The van der Waals surface area contributed by atoms with Gasteiger partial charge in [-0.15, -0.1) is 0 Å². The van der Waals surface area contributed by atoms with Crippen LogP contribution in [0.2, 0.25) is 0 Å². The Hall–Kier alpha value is -0.0400. The third kappa shape index (κ3) is 1.82. The lowest BCUT2D eigenvalue weighted by atomic mass is 9.86. The molecular formula is C11H20O. The minimum Gasteiger partial charge on any atom is -0.378 e. The Bertz CT molecular complexity index is 144. The Morgan fingerprint density at radius 2 is 1.92 bits per heavy atom. The van der Waals surface area contributed by atoms with Crippen LogP contribution in [0, 0.1) is 11.8 Å². The van der Waals surface area contributed by atoms with Gasteiger partial charge in [0.25, 0.3) is 0 Å². The molecule has 0 spiro atoms. The molecule has 1 nitrogen and oxygen atoms in total. The molecule has 1 aliphatic carbocycles. The van der Waals surface area contributed by atoms with Crippen molar-refractivity contribution in [2.75, 3.05) is 6.61 Å². The minimum atomic E-state index is 0.628. The molecule has 1 saturated carbocycles. The van der Waals surface area contributed by atoms with Gasteiger partial charge in [0.2, 0.25) is 0 Å². The molecule has 0 aromatic rings. The second-order valence-corrected chi connectivity index (χ2v) is 4.61. The molecule has 1 heterocycles. The van der Waals surface area contributed by atoms with Gasteiger partial charge in [-0.05, 0) is 31.1 Å². The summed E-state index contributed by atoms with van der Waals surface area (Å²) in [6.07, 6.45) is 9.08. The van der Waals surface area contributed by atoms with Gasteiger partial charge in [-0.2, -0.15) is 0 Å². The van der Waals surface area contributed by atoms with E-state index in [0.29, 0.717) is 6.10 Å². The van der Waals surface area contributed by atoms with Crippen molar-refractivity contribution in [3.63, 3.8) is 0 Å². The highest BCUT2D eigenvalue weighted by Gasteiger charge is 2.29. The Balaban J connectivity index is 1.94. The maximum absolute atomic E-state index is 5.87. The largest absolute Gasteiger partial charge is 0.378 e. The molecule has 1 heteroatoms. The molecule has 12 heavy (non-hydrogen) atoms. The second kappa shape index (κ2) is 3.78. The smallest absolute Gasteiger partial charge is 0.0603 e. The zero-order valence-electron chi connectivity index (χ0n) is 8.09. The fourth-order valence-electron chi connectivity index (χ4n) is 2.71. The molecule has 0 bridgehead atoms. The van der Waals surface area contributed by atoms with Gasteiger partial charge in [-0.3, -0.25) is 0 Å². The first-order valence-electron chi connectivity index (χ1n) is 5.48. The van der Waals surface area contributed by atoms with Crippen molar-refractivity contribution in [2.24, 2.45) is 11.8 Å². The highest BCUT2D eigenvalue weighted by atomic mass is 16.5. The van der Waals surface area contributed by atoms with E-state index in [9.17, 15) is 0 Å². The average molecular weight is 168 g/mol. The molecule has 2 rings (SSSR count). The normalized spacial score (nSPS) is 43.2. The summed E-state index contributed by atoms with van der Waals surface area (Å²) >= 11 is 0. The van der Waals surface area contributed by atoms with Crippen molar-refractivity contribution in [1.29, 1.82) is 0 Å². The van der Waals surface area contributed by atoms with E-state index in [1.165, 1.54) is 38.5 Å². The number of hydrogen-bond donors (Lipinski definition) is 0. The van der Waals surface area contributed by atoms with Crippen molar-refractivity contribution >= 4 is 0 Å². The van der Waals surface area contributed by atoms with Crippen LogP contribution in [-0.2, 0) is 4.74 Å². The van der Waals surface area contributed by atoms with E-state index in [2.05, 4.69) is 6.92 Å². The van der Waals surface area contributed by atoms with Gasteiger partial charge in [-0.25, -0.2) is 0 Å². The van der Waals surface area contributed by atoms with Crippen LogP contribution < -0.4 is 0 Å². The van der Waals surface area contributed by atoms with Crippen molar-refractivity contribution in [3.05, 3.63) is 0 Å². The minimum absolute atomic E-state index is 0.628. The molecule has 3 atom stereocenters. The molecule has 0 N–H and O–H groups in total. The van der Waals surface area contributed by atoms with E-state index in [-0.39, 0.29) is 0 Å². The molecule has 1 saturated heterocycles. The Morgan fingerprint density at radius 3 is 2.83 bits per heavy atom. The van der Waals surface area contributed by atoms with E-state index in [1.807, 2.05) is 0 Å². The van der Waals surface area contributed by atoms with Crippen LogP contribution >= 0.6 is 0 Å². The summed E-state index contributed by atoms with van der Waals surface area (Å²) in [6, 6.07) is 0. The first-order chi connectivity index (χ1) is 5.86. The number of fused-ring (bicyclic) bond motifs is 1. The topological polar surface area (TPSA) is 9.23 Å². The van der Waals surface area contributed by atoms with Crippen LogP contribution in [0.1, 0.15) is 45.4 Å². The molecule has 0 aromatic carbocycles. The fraction of sp³-hybridized carbons (Fsp3) is 1.00. The molecule has 0 aromatic heterocycles. The maximum Gasteiger partial charge on any atom is 0.0603 e. The van der Waals surface area contributed by atoms with Crippen molar-refractivity contribution in [2.45, 2.75) is 51.6 Å². The second-order valence-electron chi connectivity index (χ2n) is 4.61. The predicted octanol–water partition coefficient (Wildman–Crippen LogP) is 2.99. The lowest BCUT2D eigenvalue weighted by Crippen LogP contribution is -2.32. The van der Waals surface area contributed by atoms with Crippen molar-refractivity contribution < 1.29 is 4.74 Å². The molecule has 0 unspecified atom stereocenters. The maximum atomic E-state index is 5.87. The molecule has 0 radical (unpaired) electrons. The van der Waals surface area contributed by atoms with Gasteiger partial charge in [0, 0.05) is 6.61 Å². The van der Waals surface area contributed by atoms with Crippen LogP contribution in [0.3, 0.4) is 0 Å². The number of ether oxygens (including phenoxy) is 1. The highest BCUT2D eigenvalue weighted by molar-refractivity contribution is 4.79. The van der Waals surface area contributed by atoms with E-state index in [4.69, 9.17) is 4.74 Å². The zero-order valence-corrected chi connectivity index (χ0v) is 8.09. The first kappa shape index (κ1) is 8.55. The van der Waals surface area contributed by atoms with Crippen LogP contribution in [-0.4, -0.2) is 12.7 Å². The predicted molar refractivity (Wildman–Crippen MR) is 50.1 cm³/mol. The first-order valence-corrected chi connectivity index (χ1v) is 5.48. The summed E-state index contributed by atoms with van der Waals surface area (Å²) in [6.45, 7) is 3.34. The highest BCUT2D eigenvalue weighted by Crippen LogP contribution is 2.34. The molecule has 2 aliphatic rings. The summed E-state index contributed by atoms with van der Waals surface area (Å²) in [5, 5.41) is 0. The summed E-state index contributed by atoms with van der Waals surface area (Å²) in [7, 11) is 0. The van der Waals surface area contributed by atoms with Crippen molar-refractivity contribution in [3.8, 4) is 0 Å². The lowest BCUT2D eigenvalue weighted by Gasteiger charge is -2.33. The molecular weight excluding hydrogens is 148 g/mol. The SMILES string of the molecule is C[C@@H]1CO[C@H]2CCCCC[C@H]2C1. The lowest BCUT2D eigenvalue weighted by molar-refractivity contribution is -0.0544. The Labute approximate surface area is 75.5 Å². The van der Waals surface area contributed by atoms with Gasteiger partial charge >= 0.3 is 0 Å². The number of rotatable bonds is 0. The molecule has 0 amide bonds. The molecule has 70 valence electrons. The third-order valence-electron chi connectivity index (χ3n) is 3.39. The van der Waals surface area contributed by atoms with Gasteiger partial charge < -0.3 is 4.74 Å². The van der Waals surface area contributed by atoms with E-state index in [1.54, 1.807) is 0 Å². The summed E-state index contributed by atoms with van der Waals surface area (Å²) < 4.78 is 5.87. The standard InChI is InChI=1S/C11H20O/c1-9-7-10-5-3-2-4-6-11(10)12-8-9/h9-11H,2-8H2,1H3/t9-,10-,11-/m0/s1. The van der Waals surface area contributed by atoms with Gasteiger partial charge in [0.05, 0.1) is 6.10 Å². The Kier molecular flexibility index (Phi) is 2.69. The Morgan fingerprint density at radius 1 is 1.08 bits per heavy atom. The van der Waals surface area contributed by atoms with Crippen LogP contribution in [0.4, 0.5) is 0 Å². The van der Waals surface area contributed by atoms with Crippen LogP contribution in [0.25, 0.3) is 0 Å². The van der Waals surface area contributed by atoms with Gasteiger partial charge in [-0.1, -0.05) is 26.2 Å². The van der Waals surface area contributed by atoms with E-state index < -0.39 is 0 Å². The van der Waals surface area contributed by atoms with Gasteiger partial charge in [0.1, 0.15) is 0 Å². The monoisotopic (exact) mass is 168 g/mol. The van der Waals surface area contributed by atoms with E-state index >= 15 is 0 Å². The summed E-state index contributed by atoms with van der Waals surface area (Å²) in [5.74, 6) is 1.71. The number of hydrogen-bond acceptors (Lipinski definition) is 1.